The molecule has 0 aromatic carbocycles. The van der Waals surface area contributed by atoms with Gasteiger partial charge in [0.05, 0.1) is 23.7 Å². The van der Waals surface area contributed by atoms with Crippen molar-refractivity contribution >= 4 is 29.1 Å². The van der Waals surface area contributed by atoms with Gasteiger partial charge in [0.2, 0.25) is 11.8 Å². The lowest BCUT2D eigenvalue weighted by Gasteiger charge is -2.16. The monoisotopic (exact) mass is 369 g/mol. The quantitative estimate of drug-likeness (QED) is 0.646. The zero-order chi connectivity index (χ0) is 19.2. The smallest absolute Gasteiger partial charge is 0.326 e. The van der Waals surface area contributed by atoms with Crippen molar-refractivity contribution in [1.29, 1.82) is 0 Å². The molecule has 1 aromatic heterocycles. The number of hydrogen-bond acceptors (Lipinski definition) is 5. The van der Waals surface area contributed by atoms with Crippen LogP contribution in [-0.2, 0) is 26.2 Å². The fourth-order valence-corrected chi connectivity index (χ4v) is 2.98. The summed E-state index contributed by atoms with van der Waals surface area (Å²) in [4.78, 5) is 39.3. The fourth-order valence-electron chi connectivity index (χ4n) is 2.08. The van der Waals surface area contributed by atoms with E-state index in [1.54, 1.807) is 0 Å². The van der Waals surface area contributed by atoms with Crippen LogP contribution in [0, 0.1) is 5.92 Å². The number of carbonyl (C=O) groups is 3. The van der Waals surface area contributed by atoms with Crippen LogP contribution in [0.15, 0.2) is 5.38 Å². The summed E-state index contributed by atoms with van der Waals surface area (Å²) in [5.41, 5.74) is 0.595. The van der Waals surface area contributed by atoms with Gasteiger partial charge in [-0.05, 0) is 12.3 Å². The van der Waals surface area contributed by atoms with Crippen molar-refractivity contribution in [1.82, 2.24) is 15.6 Å². The van der Waals surface area contributed by atoms with Crippen LogP contribution >= 0.6 is 11.3 Å². The molecular weight excluding hydrogens is 342 g/mol. The highest BCUT2D eigenvalue weighted by Crippen LogP contribution is 2.25. The first kappa shape index (κ1) is 21.1. The van der Waals surface area contributed by atoms with Crippen molar-refractivity contribution in [3.8, 4) is 0 Å². The second-order valence-electron chi connectivity index (χ2n) is 7.44. The first-order valence-corrected chi connectivity index (χ1v) is 9.10. The van der Waals surface area contributed by atoms with Gasteiger partial charge in [-0.25, -0.2) is 9.78 Å². The Morgan fingerprint density at radius 1 is 1.24 bits per heavy atom. The Bertz CT molecular complexity index is 620. The molecule has 0 aliphatic heterocycles. The number of aliphatic carboxylic acids is 1. The molecule has 0 bridgehead atoms. The average molecular weight is 369 g/mol. The second-order valence-corrected chi connectivity index (χ2v) is 8.29. The maximum Gasteiger partial charge on any atom is 0.326 e. The van der Waals surface area contributed by atoms with Crippen LogP contribution < -0.4 is 10.6 Å². The Labute approximate surface area is 152 Å². The van der Waals surface area contributed by atoms with Crippen LogP contribution in [0.1, 0.15) is 51.7 Å². The number of carboxylic acids is 1. The van der Waals surface area contributed by atoms with Crippen molar-refractivity contribution in [3.63, 3.8) is 0 Å². The fraction of sp³-hybridized carbons (Fsp3) is 0.647. The number of thiazole rings is 1. The normalized spacial score (nSPS) is 12.7. The summed E-state index contributed by atoms with van der Waals surface area (Å²) in [6, 6.07) is -0.947. The highest BCUT2D eigenvalue weighted by molar-refractivity contribution is 7.09. The lowest BCUT2D eigenvalue weighted by Crippen LogP contribution is -2.46. The number of rotatable bonds is 8. The zero-order valence-corrected chi connectivity index (χ0v) is 16.2. The highest BCUT2D eigenvalue weighted by Gasteiger charge is 2.22. The molecule has 1 atom stereocenters. The Morgan fingerprint density at radius 3 is 2.36 bits per heavy atom. The SMILES string of the molecule is CC(C)C[C@H](NC(=O)CNC(=O)Cc1csc(C(C)(C)C)n1)C(=O)O. The summed E-state index contributed by atoms with van der Waals surface area (Å²) >= 11 is 1.50. The van der Waals surface area contributed by atoms with E-state index in [4.69, 9.17) is 5.11 Å². The Kier molecular flexibility index (Phi) is 7.54. The highest BCUT2D eigenvalue weighted by atomic mass is 32.1. The molecule has 3 N–H and O–H groups in total. The van der Waals surface area contributed by atoms with Crippen LogP contribution in [-0.4, -0.2) is 40.5 Å². The molecule has 140 valence electrons. The maximum absolute atomic E-state index is 11.9. The number of aromatic nitrogens is 1. The summed E-state index contributed by atoms with van der Waals surface area (Å²) in [7, 11) is 0. The van der Waals surface area contributed by atoms with Gasteiger partial charge in [-0.1, -0.05) is 34.6 Å². The molecular formula is C17H27N3O4S. The number of amides is 2. The second kappa shape index (κ2) is 8.94. The van der Waals surface area contributed by atoms with Crippen LogP contribution in [0.4, 0.5) is 0 Å². The molecule has 1 aromatic rings. The van der Waals surface area contributed by atoms with Crippen LogP contribution in [0.5, 0.6) is 0 Å². The number of hydrogen-bond donors (Lipinski definition) is 3. The largest absolute Gasteiger partial charge is 0.480 e. The standard InChI is InChI=1S/C17H27N3O4S/c1-10(2)6-12(15(23)24)20-14(22)8-18-13(21)7-11-9-25-16(19-11)17(3,4)5/h9-10,12H,6-8H2,1-5H3,(H,18,21)(H,20,22)(H,23,24)/t12-/m0/s1. The number of nitrogens with one attached hydrogen (secondary N) is 2. The van der Waals surface area contributed by atoms with Gasteiger partial charge < -0.3 is 15.7 Å². The number of carbonyl (C=O) groups excluding carboxylic acids is 2. The Hall–Kier alpha value is -1.96. The van der Waals surface area contributed by atoms with Gasteiger partial charge in [-0.3, -0.25) is 9.59 Å². The molecule has 0 unspecified atom stereocenters. The minimum Gasteiger partial charge on any atom is -0.480 e. The molecule has 0 fully saturated rings. The summed E-state index contributed by atoms with van der Waals surface area (Å²) in [5, 5.41) is 16.8. The molecule has 0 radical (unpaired) electrons. The number of nitrogens with zero attached hydrogens (tertiary/aromatic N) is 1. The molecule has 0 aliphatic carbocycles. The summed E-state index contributed by atoms with van der Waals surface area (Å²) < 4.78 is 0. The summed E-state index contributed by atoms with van der Waals surface area (Å²) in [6.07, 6.45) is 0.428. The molecule has 0 aliphatic rings. The van der Waals surface area contributed by atoms with Crippen molar-refractivity contribution < 1.29 is 19.5 Å². The van der Waals surface area contributed by atoms with E-state index in [0.717, 1.165) is 5.01 Å². The van der Waals surface area contributed by atoms with Crippen molar-refractivity contribution in [3.05, 3.63) is 16.1 Å². The molecule has 7 nitrogen and oxygen atoms in total. The Morgan fingerprint density at radius 2 is 1.88 bits per heavy atom. The molecule has 1 heterocycles. The van der Waals surface area contributed by atoms with E-state index < -0.39 is 17.9 Å². The van der Waals surface area contributed by atoms with E-state index in [1.807, 2.05) is 19.2 Å². The van der Waals surface area contributed by atoms with Gasteiger partial charge in [0.25, 0.3) is 0 Å². The van der Waals surface area contributed by atoms with Gasteiger partial charge >= 0.3 is 5.97 Å². The van der Waals surface area contributed by atoms with Crippen LogP contribution in [0.2, 0.25) is 0 Å². The van der Waals surface area contributed by atoms with Gasteiger partial charge in [-0.15, -0.1) is 11.3 Å². The minimum atomic E-state index is -1.08. The van der Waals surface area contributed by atoms with E-state index in [0.29, 0.717) is 12.1 Å². The third-order valence-corrected chi connectivity index (χ3v) is 4.64. The van der Waals surface area contributed by atoms with E-state index in [2.05, 4.69) is 36.4 Å². The van der Waals surface area contributed by atoms with Crippen molar-refractivity contribution in [2.24, 2.45) is 5.92 Å². The lowest BCUT2D eigenvalue weighted by molar-refractivity contribution is -0.142. The number of carboxylic acid groups (broad SMARTS) is 1. The van der Waals surface area contributed by atoms with Gasteiger partial charge in [0, 0.05) is 10.8 Å². The minimum absolute atomic E-state index is 0.0679. The van der Waals surface area contributed by atoms with Gasteiger partial charge in [0.1, 0.15) is 6.04 Å². The van der Waals surface area contributed by atoms with Gasteiger partial charge in [-0.2, -0.15) is 0 Å². The van der Waals surface area contributed by atoms with Crippen LogP contribution in [0.25, 0.3) is 0 Å². The zero-order valence-electron chi connectivity index (χ0n) is 15.4. The lowest BCUT2D eigenvalue weighted by atomic mass is 9.98. The van der Waals surface area contributed by atoms with Gasteiger partial charge in [0.15, 0.2) is 0 Å². The third-order valence-electron chi connectivity index (χ3n) is 3.32. The van der Waals surface area contributed by atoms with Crippen molar-refractivity contribution in [2.45, 2.75) is 58.9 Å². The van der Waals surface area contributed by atoms with E-state index >= 15 is 0 Å². The molecule has 1 rings (SSSR count). The molecule has 0 saturated carbocycles. The molecule has 0 saturated heterocycles. The van der Waals surface area contributed by atoms with E-state index in [1.165, 1.54) is 11.3 Å². The first-order valence-electron chi connectivity index (χ1n) is 8.22. The molecule has 8 heteroatoms. The average Bonchev–Trinajstić information content (AvgIpc) is 2.92. The summed E-state index contributed by atoms with van der Waals surface area (Å²) in [5.74, 6) is -1.78. The first-order chi connectivity index (χ1) is 11.5. The van der Waals surface area contributed by atoms with E-state index in [9.17, 15) is 14.4 Å². The molecule has 25 heavy (non-hydrogen) atoms. The summed E-state index contributed by atoms with van der Waals surface area (Å²) in [6.45, 7) is 9.66. The molecule has 2 amide bonds. The topological polar surface area (TPSA) is 108 Å². The van der Waals surface area contributed by atoms with E-state index in [-0.39, 0.29) is 30.2 Å². The van der Waals surface area contributed by atoms with Crippen molar-refractivity contribution in [2.75, 3.05) is 6.54 Å². The third kappa shape index (κ3) is 7.64. The maximum atomic E-state index is 11.9. The van der Waals surface area contributed by atoms with Crippen LogP contribution in [0.3, 0.4) is 0 Å². The molecule has 0 spiro atoms. The predicted molar refractivity (Wildman–Crippen MR) is 96.5 cm³/mol. The predicted octanol–water partition coefficient (Wildman–Crippen LogP) is 1.71. The Balaban J connectivity index is 2.46.